The van der Waals surface area contributed by atoms with Gasteiger partial charge in [-0.15, -0.1) is 0 Å². The van der Waals surface area contributed by atoms with Crippen LogP contribution in [0.5, 0.6) is 5.75 Å². The molecule has 2 heterocycles. The molecule has 194 valence electrons. The molecule has 2 aliphatic rings. The van der Waals surface area contributed by atoms with Crippen molar-refractivity contribution in [3.05, 3.63) is 95.3 Å². The maximum absolute atomic E-state index is 13.6. The third kappa shape index (κ3) is 5.78. The van der Waals surface area contributed by atoms with Crippen molar-refractivity contribution >= 4 is 40.1 Å². The van der Waals surface area contributed by atoms with Crippen LogP contribution >= 0.6 is 11.8 Å². The van der Waals surface area contributed by atoms with Gasteiger partial charge in [0.25, 0.3) is 5.91 Å². The minimum atomic E-state index is -0.653. The Kier molecular flexibility index (Phi) is 7.55. The van der Waals surface area contributed by atoms with E-state index in [1.165, 1.54) is 23.9 Å². The van der Waals surface area contributed by atoms with Gasteiger partial charge in [-0.05, 0) is 61.4 Å². The highest BCUT2D eigenvalue weighted by Crippen LogP contribution is 2.38. The molecule has 0 aromatic heterocycles. The largest absolute Gasteiger partial charge is 0.494 e. The van der Waals surface area contributed by atoms with E-state index in [0.29, 0.717) is 23.9 Å². The molecule has 3 aromatic rings. The predicted octanol–water partition coefficient (Wildman–Crippen LogP) is 5.71. The van der Waals surface area contributed by atoms with Gasteiger partial charge in [0.05, 0.1) is 18.4 Å². The number of carbonyl (C=O) groups excluding carboxylic acids is 2. The lowest BCUT2D eigenvalue weighted by molar-refractivity contribution is -0.121. The number of thioether (sulfide) groups is 1. The summed E-state index contributed by atoms with van der Waals surface area (Å²) in [5, 5.41) is 9.17. The lowest BCUT2D eigenvalue weighted by Gasteiger charge is -2.23. The molecule has 38 heavy (non-hydrogen) atoms. The monoisotopic (exact) mass is 530 g/mol. The summed E-state index contributed by atoms with van der Waals surface area (Å²) in [6, 6.07) is 21.2. The summed E-state index contributed by atoms with van der Waals surface area (Å²) < 4.78 is 19.1. The number of nitrogens with one attached hydrogen (secondary N) is 1. The van der Waals surface area contributed by atoms with Crippen molar-refractivity contribution in [2.45, 2.75) is 38.0 Å². The molecule has 0 bridgehead atoms. The molecule has 2 atom stereocenters. The lowest BCUT2D eigenvalue weighted by atomic mass is 9.98. The highest BCUT2D eigenvalue weighted by molar-refractivity contribution is 8.15. The fraction of sp³-hybridized carbons (Fsp3) is 0.241. The maximum Gasteiger partial charge on any atom is 0.262 e. The van der Waals surface area contributed by atoms with Crippen LogP contribution in [-0.4, -0.2) is 39.6 Å². The van der Waals surface area contributed by atoms with E-state index in [-0.39, 0.29) is 30.1 Å². The van der Waals surface area contributed by atoms with Gasteiger partial charge in [0.1, 0.15) is 16.8 Å². The number of anilines is 1. The number of halogens is 1. The first-order chi connectivity index (χ1) is 18.4. The van der Waals surface area contributed by atoms with Gasteiger partial charge in [-0.3, -0.25) is 9.59 Å². The molecule has 3 aromatic carbocycles. The van der Waals surface area contributed by atoms with Crippen LogP contribution < -0.4 is 10.1 Å². The zero-order valence-electron chi connectivity index (χ0n) is 21.1. The minimum absolute atomic E-state index is 0.0205. The Labute approximate surface area is 224 Å². The SMILES string of the molecule is CCOc1ccc(NC(=O)C[C@H]2SC(N3N=C(c4ccc(C)cc4)C[C@@H]3c3ccc(F)cc3)=NC2=O)cc1. The summed E-state index contributed by atoms with van der Waals surface area (Å²) in [5.41, 5.74) is 4.47. The molecule has 0 saturated heterocycles. The van der Waals surface area contributed by atoms with Crippen LogP contribution in [0.25, 0.3) is 0 Å². The first kappa shape index (κ1) is 25.7. The summed E-state index contributed by atoms with van der Waals surface area (Å²) >= 11 is 1.23. The van der Waals surface area contributed by atoms with Gasteiger partial charge >= 0.3 is 0 Å². The Hall–Kier alpha value is -3.98. The molecule has 0 saturated carbocycles. The van der Waals surface area contributed by atoms with Crippen molar-refractivity contribution in [2.75, 3.05) is 11.9 Å². The number of rotatable bonds is 7. The number of ether oxygens (including phenoxy) is 1. The summed E-state index contributed by atoms with van der Waals surface area (Å²) in [5.74, 6) is -0.253. The number of amides is 2. The fourth-order valence-electron chi connectivity index (χ4n) is 4.34. The topological polar surface area (TPSA) is 83.4 Å². The smallest absolute Gasteiger partial charge is 0.262 e. The molecular weight excluding hydrogens is 503 g/mol. The number of nitrogens with zero attached hydrogens (tertiary/aromatic N) is 3. The number of benzene rings is 3. The minimum Gasteiger partial charge on any atom is -0.494 e. The number of aliphatic imine (C=N–C) groups is 1. The lowest BCUT2D eigenvalue weighted by Crippen LogP contribution is -2.25. The van der Waals surface area contributed by atoms with Crippen molar-refractivity contribution in [1.82, 2.24) is 5.01 Å². The second-order valence-corrected chi connectivity index (χ2v) is 10.2. The second kappa shape index (κ2) is 11.2. The molecule has 0 radical (unpaired) electrons. The van der Waals surface area contributed by atoms with Crippen molar-refractivity contribution in [3.8, 4) is 5.75 Å². The van der Waals surface area contributed by atoms with Gasteiger partial charge < -0.3 is 10.1 Å². The Morgan fingerprint density at radius 1 is 1.08 bits per heavy atom. The number of hydrogen-bond donors (Lipinski definition) is 1. The number of hydrazone groups is 1. The van der Waals surface area contributed by atoms with Crippen LogP contribution in [0.15, 0.2) is 82.9 Å². The van der Waals surface area contributed by atoms with Crippen molar-refractivity contribution in [2.24, 2.45) is 10.1 Å². The summed E-state index contributed by atoms with van der Waals surface area (Å²) in [6.07, 6.45) is 0.554. The molecule has 0 unspecified atom stereocenters. The third-order valence-corrected chi connectivity index (χ3v) is 7.44. The Bertz CT molecular complexity index is 1390. The van der Waals surface area contributed by atoms with Gasteiger partial charge in [-0.25, -0.2) is 9.40 Å². The van der Waals surface area contributed by atoms with Gasteiger partial charge in [0, 0.05) is 18.5 Å². The Morgan fingerprint density at radius 2 is 1.79 bits per heavy atom. The van der Waals surface area contributed by atoms with Crippen LogP contribution in [0.1, 0.15) is 42.5 Å². The third-order valence-electron chi connectivity index (χ3n) is 6.29. The zero-order valence-corrected chi connectivity index (χ0v) is 21.9. The van der Waals surface area contributed by atoms with Crippen LogP contribution in [-0.2, 0) is 9.59 Å². The summed E-state index contributed by atoms with van der Waals surface area (Å²) in [6.45, 7) is 4.49. The second-order valence-electron chi connectivity index (χ2n) is 9.08. The first-order valence-electron chi connectivity index (χ1n) is 12.4. The molecule has 2 amide bonds. The van der Waals surface area contributed by atoms with Gasteiger partial charge in [0.15, 0.2) is 5.17 Å². The highest BCUT2D eigenvalue weighted by Gasteiger charge is 2.39. The Morgan fingerprint density at radius 3 is 2.47 bits per heavy atom. The normalized spacial score (nSPS) is 18.8. The van der Waals surface area contributed by atoms with Crippen molar-refractivity contribution < 1.29 is 18.7 Å². The van der Waals surface area contributed by atoms with E-state index in [1.54, 1.807) is 41.4 Å². The van der Waals surface area contributed by atoms with E-state index >= 15 is 0 Å². The van der Waals surface area contributed by atoms with Crippen molar-refractivity contribution in [3.63, 3.8) is 0 Å². The molecule has 0 fully saturated rings. The van der Waals surface area contributed by atoms with E-state index in [0.717, 1.165) is 28.2 Å². The molecular formula is C29H27FN4O3S. The van der Waals surface area contributed by atoms with Crippen LogP contribution in [0.3, 0.4) is 0 Å². The molecule has 9 heteroatoms. The highest BCUT2D eigenvalue weighted by atomic mass is 32.2. The zero-order chi connectivity index (χ0) is 26.6. The van der Waals surface area contributed by atoms with Gasteiger partial charge in [-0.2, -0.15) is 10.1 Å². The van der Waals surface area contributed by atoms with E-state index in [1.807, 2.05) is 38.1 Å². The van der Waals surface area contributed by atoms with Crippen LogP contribution in [0.4, 0.5) is 10.1 Å². The number of aryl methyl sites for hydroxylation is 1. The summed E-state index contributed by atoms with van der Waals surface area (Å²) in [4.78, 5) is 29.8. The van der Waals surface area contributed by atoms with E-state index in [4.69, 9.17) is 9.84 Å². The van der Waals surface area contributed by atoms with Crippen LogP contribution in [0, 0.1) is 12.7 Å². The fourth-order valence-corrected chi connectivity index (χ4v) is 5.40. The molecule has 7 nitrogen and oxygen atoms in total. The number of hydrogen-bond acceptors (Lipinski definition) is 6. The average Bonchev–Trinajstić information content (AvgIpc) is 3.50. The van der Waals surface area contributed by atoms with E-state index in [9.17, 15) is 14.0 Å². The van der Waals surface area contributed by atoms with Gasteiger partial charge in [0.2, 0.25) is 5.91 Å². The molecule has 1 N–H and O–H groups in total. The standard InChI is InChI=1S/C29H27FN4O3S/c1-3-37-23-14-12-22(13-15-23)31-27(35)17-26-28(36)32-29(38-26)34-25(20-8-10-21(30)11-9-20)16-24(33-34)19-6-4-18(2)5-7-19/h4-15,25-26H,3,16-17H2,1-2H3,(H,31,35)/t25-,26-/m1/s1. The van der Waals surface area contributed by atoms with Crippen LogP contribution in [0.2, 0.25) is 0 Å². The molecule has 0 aliphatic carbocycles. The first-order valence-corrected chi connectivity index (χ1v) is 13.3. The van der Waals surface area contributed by atoms with Gasteiger partial charge in [-0.1, -0.05) is 53.7 Å². The Balaban J connectivity index is 1.31. The van der Waals surface area contributed by atoms with E-state index < -0.39 is 5.25 Å². The molecule has 2 aliphatic heterocycles. The average molecular weight is 531 g/mol. The quantitative estimate of drug-likeness (QED) is 0.423. The predicted molar refractivity (Wildman–Crippen MR) is 148 cm³/mol. The molecule has 5 rings (SSSR count). The van der Waals surface area contributed by atoms with E-state index in [2.05, 4.69) is 10.3 Å². The maximum atomic E-state index is 13.6. The summed E-state index contributed by atoms with van der Waals surface area (Å²) in [7, 11) is 0. The van der Waals surface area contributed by atoms with Crippen molar-refractivity contribution in [1.29, 1.82) is 0 Å². The number of amidine groups is 1. The molecule has 0 spiro atoms. The number of carbonyl (C=O) groups is 2.